The molecule has 3 N–H and O–H groups in total. The van der Waals surface area contributed by atoms with Crippen molar-refractivity contribution >= 4 is 34.7 Å². The van der Waals surface area contributed by atoms with Gasteiger partial charge in [0.2, 0.25) is 11.9 Å². The van der Waals surface area contributed by atoms with Crippen LogP contribution in [0.15, 0.2) is 66.9 Å². The van der Waals surface area contributed by atoms with Gasteiger partial charge in [0.15, 0.2) is 11.6 Å². The van der Waals surface area contributed by atoms with Gasteiger partial charge in [-0.15, -0.1) is 0 Å². The molecule has 34 heavy (non-hydrogen) atoms. The van der Waals surface area contributed by atoms with Crippen molar-refractivity contribution in [2.45, 2.75) is 6.92 Å². The number of aromatic nitrogens is 2. The highest BCUT2D eigenvalue weighted by Gasteiger charge is 2.10. The molecule has 1 saturated heterocycles. The smallest absolute Gasteiger partial charge is 0.248 e. The molecule has 9 heteroatoms. The van der Waals surface area contributed by atoms with Gasteiger partial charge in [0, 0.05) is 42.8 Å². The average Bonchev–Trinajstić information content (AvgIpc) is 2.82. The number of ether oxygens (including phenoxy) is 1. The third-order valence-electron chi connectivity index (χ3n) is 5.15. The Morgan fingerprint density at radius 1 is 1.09 bits per heavy atom. The van der Waals surface area contributed by atoms with E-state index in [2.05, 4.69) is 30.8 Å². The number of anilines is 5. The van der Waals surface area contributed by atoms with E-state index in [1.165, 1.54) is 6.08 Å². The lowest BCUT2D eigenvalue weighted by Crippen LogP contribution is -2.36. The van der Waals surface area contributed by atoms with Gasteiger partial charge in [-0.2, -0.15) is 4.98 Å². The molecule has 0 unspecified atom stereocenters. The van der Waals surface area contributed by atoms with Gasteiger partial charge in [-0.1, -0.05) is 24.3 Å². The van der Waals surface area contributed by atoms with Crippen LogP contribution in [0.5, 0.6) is 0 Å². The number of carbonyl (C=O) groups excluding carboxylic acids is 1. The lowest BCUT2D eigenvalue weighted by Gasteiger charge is -2.25. The van der Waals surface area contributed by atoms with Crippen molar-refractivity contribution in [1.29, 1.82) is 0 Å². The zero-order valence-corrected chi connectivity index (χ0v) is 18.9. The zero-order valence-electron chi connectivity index (χ0n) is 18.9. The lowest BCUT2D eigenvalue weighted by atomic mass is 10.2. The van der Waals surface area contributed by atoms with E-state index in [0.29, 0.717) is 17.9 Å². The number of nitrogens with zero attached hydrogens (tertiary/aromatic N) is 3. The number of rotatable bonds is 8. The fourth-order valence-electron chi connectivity index (χ4n) is 3.45. The van der Waals surface area contributed by atoms with Crippen LogP contribution in [0.3, 0.4) is 0 Å². The minimum Gasteiger partial charge on any atom is -0.379 e. The number of aryl methyl sites for hydroxylation is 1. The van der Waals surface area contributed by atoms with Gasteiger partial charge in [0.05, 0.1) is 19.4 Å². The molecule has 8 nitrogen and oxygen atoms in total. The molecule has 3 aromatic rings. The topological polar surface area (TPSA) is 91.4 Å². The van der Waals surface area contributed by atoms with E-state index in [9.17, 15) is 9.18 Å². The summed E-state index contributed by atoms with van der Waals surface area (Å²) < 4.78 is 19.6. The largest absolute Gasteiger partial charge is 0.379 e. The van der Waals surface area contributed by atoms with Crippen LogP contribution in [0.4, 0.5) is 33.2 Å². The second-order valence-corrected chi connectivity index (χ2v) is 7.90. The van der Waals surface area contributed by atoms with Crippen molar-refractivity contribution in [3.8, 4) is 0 Å². The van der Waals surface area contributed by atoms with Gasteiger partial charge in [0.25, 0.3) is 0 Å². The molecule has 1 amide bonds. The van der Waals surface area contributed by atoms with E-state index in [4.69, 9.17) is 4.74 Å². The van der Waals surface area contributed by atoms with E-state index in [1.54, 1.807) is 18.2 Å². The predicted octanol–water partition coefficient (Wildman–Crippen LogP) is 4.24. The lowest BCUT2D eigenvalue weighted by molar-refractivity contribution is -0.111. The molecular weight excluding hydrogens is 435 g/mol. The Hall–Kier alpha value is -3.82. The summed E-state index contributed by atoms with van der Waals surface area (Å²) >= 11 is 0. The summed E-state index contributed by atoms with van der Waals surface area (Å²) in [5.41, 5.74) is 3.05. The highest BCUT2D eigenvalue weighted by molar-refractivity contribution is 5.99. The van der Waals surface area contributed by atoms with Crippen molar-refractivity contribution in [1.82, 2.24) is 14.9 Å². The number of hydrogen-bond acceptors (Lipinski definition) is 7. The molecule has 176 valence electrons. The van der Waals surface area contributed by atoms with Crippen LogP contribution in [-0.2, 0) is 9.53 Å². The van der Waals surface area contributed by atoms with Crippen LogP contribution in [0.25, 0.3) is 0 Å². The normalized spacial score (nSPS) is 14.2. The Bertz CT molecular complexity index is 1160. The molecule has 2 aromatic carbocycles. The van der Waals surface area contributed by atoms with Gasteiger partial charge in [-0.25, -0.2) is 9.37 Å². The van der Waals surface area contributed by atoms with Gasteiger partial charge in [-0.05, 0) is 42.8 Å². The van der Waals surface area contributed by atoms with Crippen molar-refractivity contribution in [2.24, 2.45) is 0 Å². The fourth-order valence-corrected chi connectivity index (χ4v) is 3.45. The highest BCUT2D eigenvalue weighted by Crippen LogP contribution is 2.22. The Morgan fingerprint density at radius 3 is 2.62 bits per heavy atom. The van der Waals surface area contributed by atoms with Crippen molar-refractivity contribution in [2.75, 3.05) is 48.8 Å². The maximum atomic E-state index is 14.2. The van der Waals surface area contributed by atoms with E-state index in [0.717, 1.165) is 43.8 Å². The molecule has 0 radical (unpaired) electrons. The van der Waals surface area contributed by atoms with Gasteiger partial charge >= 0.3 is 0 Å². The number of amides is 1. The Labute approximate surface area is 197 Å². The third kappa shape index (κ3) is 6.84. The van der Waals surface area contributed by atoms with E-state index < -0.39 is 5.82 Å². The van der Waals surface area contributed by atoms with Crippen molar-refractivity contribution in [3.63, 3.8) is 0 Å². The quantitative estimate of drug-likeness (QED) is 0.431. The van der Waals surface area contributed by atoms with E-state index in [1.807, 2.05) is 43.3 Å². The number of carbonyl (C=O) groups is 1. The van der Waals surface area contributed by atoms with Crippen molar-refractivity contribution in [3.05, 3.63) is 78.3 Å². The number of morpholine rings is 1. The first-order valence-corrected chi connectivity index (χ1v) is 11.1. The molecule has 1 aliphatic rings. The first-order valence-electron chi connectivity index (χ1n) is 11.1. The summed E-state index contributed by atoms with van der Waals surface area (Å²) in [6.07, 6.45) is 4.48. The van der Waals surface area contributed by atoms with Gasteiger partial charge in [-0.3, -0.25) is 9.69 Å². The molecule has 1 aliphatic heterocycles. The Morgan fingerprint density at radius 2 is 1.82 bits per heavy atom. The van der Waals surface area contributed by atoms with Crippen LogP contribution in [0, 0.1) is 12.7 Å². The standard InChI is InChI=1S/C25H27FN6O2/c1-18-5-2-6-19(15-18)29-24-22(26)17-27-25(31-24)30-21-8-3-7-20(16-21)28-23(33)9-4-10-32-11-13-34-14-12-32/h2-9,15-17H,10-14H2,1H3,(H,28,33)(H2,27,29,30,31). The van der Waals surface area contributed by atoms with Crippen LogP contribution in [-0.4, -0.2) is 53.6 Å². The summed E-state index contributed by atoms with van der Waals surface area (Å²) in [6.45, 7) is 5.85. The third-order valence-corrected chi connectivity index (χ3v) is 5.15. The summed E-state index contributed by atoms with van der Waals surface area (Å²) in [5, 5.41) is 8.87. The maximum Gasteiger partial charge on any atom is 0.248 e. The summed E-state index contributed by atoms with van der Waals surface area (Å²) in [7, 11) is 0. The molecule has 4 rings (SSSR count). The Kier molecular flexibility index (Phi) is 7.79. The van der Waals surface area contributed by atoms with Gasteiger partial charge < -0.3 is 20.7 Å². The number of nitrogens with one attached hydrogen (secondary N) is 3. The first kappa shape index (κ1) is 23.3. The monoisotopic (exact) mass is 462 g/mol. The molecule has 2 heterocycles. The van der Waals surface area contributed by atoms with Crippen LogP contribution in [0.2, 0.25) is 0 Å². The predicted molar refractivity (Wildman–Crippen MR) is 131 cm³/mol. The zero-order chi connectivity index (χ0) is 23.8. The first-order chi connectivity index (χ1) is 16.5. The number of hydrogen-bond donors (Lipinski definition) is 3. The molecule has 0 spiro atoms. The van der Waals surface area contributed by atoms with E-state index >= 15 is 0 Å². The maximum absolute atomic E-state index is 14.2. The highest BCUT2D eigenvalue weighted by atomic mass is 19.1. The minimum absolute atomic E-state index is 0.0676. The Balaban J connectivity index is 1.36. The SMILES string of the molecule is Cc1cccc(Nc2nc(Nc3cccc(NC(=O)C=CCN4CCOCC4)c3)ncc2F)c1. The number of benzene rings is 2. The molecular formula is C25H27FN6O2. The molecule has 0 bridgehead atoms. The molecule has 0 atom stereocenters. The second-order valence-electron chi connectivity index (χ2n) is 7.90. The molecule has 0 saturated carbocycles. The van der Waals surface area contributed by atoms with Crippen LogP contribution >= 0.6 is 0 Å². The molecule has 0 aliphatic carbocycles. The second kappa shape index (κ2) is 11.4. The van der Waals surface area contributed by atoms with E-state index in [-0.39, 0.29) is 17.7 Å². The summed E-state index contributed by atoms with van der Waals surface area (Å²) in [4.78, 5) is 22.8. The number of halogens is 1. The van der Waals surface area contributed by atoms with Gasteiger partial charge in [0.1, 0.15) is 0 Å². The average molecular weight is 463 g/mol. The van der Waals surface area contributed by atoms with Crippen molar-refractivity contribution < 1.29 is 13.9 Å². The minimum atomic E-state index is -0.558. The van der Waals surface area contributed by atoms with Crippen LogP contribution in [0.1, 0.15) is 5.56 Å². The molecule has 1 aromatic heterocycles. The summed E-state index contributed by atoms with van der Waals surface area (Å²) in [5.74, 6) is -0.478. The fraction of sp³-hybridized carbons (Fsp3) is 0.240. The molecule has 1 fully saturated rings. The van der Waals surface area contributed by atoms with Crippen LogP contribution < -0.4 is 16.0 Å². The summed E-state index contributed by atoms with van der Waals surface area (Å²) in [6, 6.07) is 14.7.